The summed E-state index contributed by atoms with van der Waals surface area (Å²) in [6, 6.07) is 16.7. The van der Waals surface area contributed by atoms with Crippen molar-refractivity contribution in [3.63, 3.8) is 0 Å². The zero-order valence-electron chi connectivity index (χ0n) is 19.1. The van der Waals surface area contributed by atoms with Crippen LogP contribution in [-0.2, 0) is 11.3 Å². The Morgan fingerprint density at radius 2 is 1.83 bits per heavy atom. The minimum atomic E-state index is -0.853. The predicted octanol–water partition coefficient (Wildman–Crippen LogP) is 4.62. The molecule has 0 fully saturated rings. The average Bonchev–Trinajstić information content (AvgIpc) is 3.44. The van der Waals surface area contributed by atoms with Crippen molar-refractivity contribution in [1.82, 2.24) is 9.88 Å². The number of aliphatic hydroxyl groups excluding tert-OH is 1. The molecular weight excluding hydrogens is 448 g/mol. The van der Waals surface area contributed by atoms with Gasteiger partial charge in [-0.1, -0.05) is 24.3 Å². The first-order chi connectivity index (χ1) is 17.0. The molecule has 0 bridgehead atoms. The van der Waals surface area contributed by atoms with E-state index in [1.54, 1.807) is 73.1 Å². The lowest BCUT2D eigenvalue weighted by atomic mass is 9.94. The van der Waals surface area contributed by atoms with Crippen LogP contribution >= 0.6 is 0 Å². The van der Waals surface area contributed by atoms with Crippen molar-refractivity contribution in [2.75, 3.05) is 14.2 Å². The minimum absolute atomic E-state index is 0.00231. The summed E-state index contributed by atoms with van der Waals surface area (Å²) >= 11 is 0. The summed E-state index contributed by atoms with van der Waals surface area (Å²) in [7, 11) is 3.05. The van der Waals surface area contributed by atoms with Crippen molar-refractivity contribution in [2.45, 2.75) is 12.6 Å². The molecule has 4 aromatic rings. The van der Waals surface area contributed by atoms with Gasteiger partial charge in [-0.25, -0.2) is 0 Å². The number of rotatable bonds is 7. The molecule has 1 atom stereocenters. The molecule has 8 nitrogen and oxygen atoms in total. The molecule has 0 saturated carbocycles. The summed E-state index contributed by atoms with van der Waals surface area (Å²) in [5, 5.41) is 11.6. The molecule has 8 heteroatoms. The first-order valence-corrected chi connectivity index (χ1v) is 10.9. The van der Waals surface area contributed by atoms with Crippen LogP contribution in [0.1, 0.15) is 27.7 Å². The van der Waals surface area contributed by atoms with E-state index in [0.29, 0.717) is 28.0 Å². The molecule has 2 aromatic carbocycles. The number of aromatic nitrogens is 1. The van der Waals surface area contributed by atoms with Gasteiger partial charge in [-0.3, -0.25) is 14.6 Å². The van der Waals surface area contributed by atoms with Gasteiger partial charge >= 0.3 is 0 Å². The first kappa shape index (κ1) is 22.2. The predicted molar refractivity (Wildman–Crippen MR) is 127 cm³/mol. The van der Waals surface area contributed by atoms with Crippen LogP contribution in [-0.4, -0.2) is 40.9 Å². The number of hydrogen-bond donors (Lipinski definition) is 1. The zero-order chi connectivity index (χ0) is 24.5. The second-order valence-electron chi connectivity index (χ2n) is 8.05. The van der Waals surface area contributed by atoms with E-state index in [1.165, 1.54) is 19.1 Å². The van der Waals surface area contributed by atoms with Crippen LogP contribution in [0.3, 0.4) is 0 Å². The fourth-order valence-corrected chi connectivity index (χ4v) is 4.33. The van der Waals surface area contributed by atoms with Gasteiger partial charge in [-0.15, -0.1) is 0 Å². The summed E-state index contributed by atoms with van der Waals surface area (Å²) in [5.74, 6) is -0.802. The summed E-state index contributed by atoms with van der Waals surface area (Å²) in [6.07, 6.45) is 3.25. The second-order valence-corrected chi connectivity index (χ2v) is 8.05. The third-order valence-corrected chi connectivity index (χ3v) is 6.01. The van der Waals surface area contributed by atoms with Gasteiger partial charge < -0.3 is 23.9 Å². The molecule has 0 saturated heterocycles. The normalized spacial score (nSPS) is 15.7. The van der Waals surface area contributed by atoms with Gasteiger partial charge in [0.2, 0.25) is 5.78 Å². The Morgan fingerprint density at radius 1 is 1.06 bits per heavy atom. The van der Waals surface area contributed by atoms with E-state index in [1.807, 2.05) is 0 Å². The lowest BCUT2D eigenvalue weighted by molar-refractivity contribution is -0.130. The molecule has 0 radical (unpaired) electrons. The topological polar surface area (TPSA) is 102 Å². The van der Waals surface area contributed by atoms with Crippen molar-refractivity contribution in [3.05, 3.63) is 101 Å². The largest absolute Gasteiger partial charge is 0.503 e. The lowest BCUT2D eigenvalue weighted by Crippen LogP contribution is -2.30. The number of nitrogens with zero attached hydrogens (tertiary/aromatic N) is 2. The number of hydrogen-bond acceptors (Lipinski definition) is 7. The second kappa shape index (κ2) is 8.98. The monoisotopic (exact) mass is 470 g/mol. The van der Waals surface area contributed by atoms with E-state index < -0.39 is 23.5 Å². The number of ketones is 1. The standard InChI is InChI=1S/C27H22N2O6/c1-33-19-7-3-5-17(13-19)23-22(25(31)27(32)29(23)15-16-9-11-28-12-10-16)24(30)21-14-18-6-4-8-20(34-2)26(18)35-21/h3-14,23,31H,15H2,1-2H3. The highest BCUT2D eigenvalue weighted by molar-refractivity contribution is 6.16. The molecule has 5 rings (SSSR count). The first-order valence-electron chi connectivity index (χ1n) is 10.9. The molecule has 0 aliphatic carbocycles. The highest BCUT2D eigenvalue weighted by Gasteiger charge is 2.44. The van der Waals surface area contributed by atoms with E-state index in [9.17, 15) is 14.7 Å². The number of ether oxygens (including phenoxy) is 2. The SMILES string of the molecule is COc1cccc(C2C(C(=O)c3cc4cccc(OC)c4o3)=C(O)C(=O)N2Cc2ccncc2)c1. The molecule has 1 N–H and O–H groups in total. The van der Waals surface area contributed by atoms with Crippen molar-refractivity contribution >= 4 is 22.7 Å². The molecule has 1 unspecified atom stereocenters. The fourth-order valence-electron chi connectivity index (χ4n) is 4.33. The molecule has 0 spiro atoms. The van der Waals surface area contributed by atoms with Gasteiger partial charge in [0, 0.05) is 24.3 Å². The number of fused-ring (bicyclic) bond motifs is 1. The van der Waals surface area contributed by atoms with Gasteiger partial charge in [0.05, 0.1) is 25.8 Å². The number of carbonyl (C=O) groups excluding carboxylic acids is 2. The Kier molecular flexibility index (Phi) is 5.70. The molecule has 1 amide bonds. The van der Waals surface area contributed by atoms with Crippen molar-refractivity contribution < 1.29 is 28.6 Å². The number of aliphatic hydroxyl groups is 1. The van der Waals surface area contributed by atoms with Crippen LogP contribution in [0.25, 0.3) is 11.0 Å². The van der Waals surface area contributed by atoms with E-state index in [4.69, 9.17) is 13.9 Å². The lowest BCUT2D eigenvalue weighted by Gasteiger charge is -2.27. The third-order valence-electron chi connectivity index (χ3n) is 6.01. The van der Waals surface area contributed by atoms with E-state index in [2.05, 4.69) is 4.98 Å². The number of pyridine rings is 1. The number of methoxy groups -OCH3 is 2. The molecule has 1 aliphatic rings. The van der Waals surface area contributed by atoms with Gasteiger partial charge in [-0.2, -0.15) is 0 Å². The van der Waals surface area contributed by atoms with Gasteiger partial charge in [0.25, 0.3) is 5.91 Å². The van der Waals surface area contributed by atoms with E-state index >= 15 is 0 Å². The van der Waals surface area contributed by atoms with Crippen LogP contribution in [0, 0.1) is 0 Å². The molecule has 176 valence electrons. The van der Waals surface area contributed by atoms with Crippen molar-refractivity contribution in [3.8, 4) is 11.5 Å². The minimum Gasteiger partial charge on any atom is -0.503 e. The van der Waals surface area contributed by atoms with Crippen LogP contribution in [0.4, 0.5) is 0 Å². The number of carbonyl (C=O) groups is 2. The van der Waals surface area contributed by atoms with E-state index in [-0.39, 0.29) is 17.9 Å². The Bertz CT molecular complexity index is 1460. The van der Waals surface area contributed by atoms with Crippen molar-refractivity contribution in [1.29, 1.82) is 0 Å². The van der Waals surface area contributed by atoms with Gasteiger partial charge in [0.15, 0.2) is 22.9 Å². The Morgan fingerprint density at radius 3 is 2.57 bits per heavy atom. The third kappa shape index (κ3) is 3.89. The number of benzene rings is 2. The zero-order valence-corrected chi connectivity index (χ0v) is 19.1. The highest BCUT2D eigenvalue weighted by atomic mass is 16.5. The summed E-state index contributed by atoms with van der Waals surface area (Å²) in [5.41, 5.74) is 1.77. The molecular formula is C27H22N2O6. The van der Waals surface area contributed by atoms with Crippen molar-refractivity contribution in [2.24, 2.45) is 0 Å². The molecule has 35 heavy (non-hydrogen) atoms. The van der Waals surface area contributed by atoms with Crippen LogP contribution in [0.15, 0.2) is 88.8 Å². The van der Waals surface area contributed by atoms with E-state index in [0.717, 1.165) is 5.56 Å². The maximum absolute atomic E-state index is 13.7. The smallest absolute Gasteiger partial charge is 0.290 e. The highest BCUT2D eigenvalue weighted by Crippen LogP contribution is 2.41. The number of amides is 1. The molecule has 3 heterocycles. The Hall–Kier alpha value is -4.59. The molecule has 2 aromatic heterocycles. The maximum Gasteiger partial charge on any atom is 0.290 e. The summed E-state index contributed by atoms with van der Waals surface area (Å²) < 4.78 is 16.5. The quantitative estimate of drug-likeness (QED) is 0.393. The van der Waals surface area contributed by atoms with Crippen LogP contribution < -0.4 is 9.47 Å². The van der Waals surface area contributed by atoms with Gasteiger partial charge in [0.1, 0.15) is 5.75 Å². The Balaban J connectivity index is 1.62. The number of furan rings is 1. The maximum atomic E-state index is 13.7. The van der Waals surface area contributed by atoms with Crippen LogP contribution in [0.2, 0.25) is 0 Å². The average molecular weight is 470 g/mol. The van der Waals surface area contributed by atoms with Crippen LogP contribution in [0.5, 0.6) is 11.5 Å². The summed E-state index contributed by atoms with van der Waals surface area (Å²) in [4.78, 5) is 32.4. The molecule has 1 aliphatic heterocycles. The number of para-hydroxylation sites is 1. The fraction of sp³-hybridized carbons (Fsp3) is 0.148. The van der Waals surface area contributed by atoms with Gasteiger partial charge in [-0.05, 0) is 47.5 Å². The number of Topliss-reactive ketones (excluding diaryl/α,β-unsaturated/α-hetero) is 1. The summed E-state index contributed by atoms with van der Waals surface area (Å²) in [6.45, 7) is 0.165. The Labute approximate surface area is 201 Å².